The van der Waals surface area contributed by atoms with E-state index in [1.54, 1.807) is 6.08 Å². The van der Waals surface area contributed by atoms with Gasteiger partial charge in [-0.3, -0.25) is 9.35 Å². The third kappa shape index (κ3) is 32.8. The van der Waals surface area contributed by atoms with Gasteiger partial charge in [-0.1, -0.05) is 172 Å². The molecule has 1 amide bonds. The number of aliphatic hydroxyl groups excluding tert-OH is 2. The molecule has 47 heavy (non-hydrogen) atoms. The van der Waals surface area contributed by atoms with Gasteiger partial charge in [0.25, 0.3) is 10.1 Å². The molecule has 276 valence electrons. The van der Waals surface area contributed by atoms with Crippen LogP contribution in [-0.2, 0) is 14.9 Å². The standard InChI is InChI=1S/C39H73NO6S/c1-3-5-7-9-11-13-15-17-18-19-20-21-22-24-25-27-29-31-33-37(41)36(35-47(44,45)46)40-39(43)38(42)34-32-30-28-26-23-16-14-12-10-8-6-4-2/h19-20,24-25,31,33,36-38,41-42H,3-18,21-23,26-30,32,34-35H2,1-2H3,(H,40,43)(H,44,45,46)/b20-19+,25-24+,33-31+. The summed E-state index contributed by atoms with van der Waals surface area (Å²) in [5, 5.41) is 23.3. The van der Waals surface area contributed by atoms with Crippen molar-refractivity contribution >= 4 is 16.0 Å². The summed E-state index contributed by atoms with van der Waals surface area (Å²) < 4.78 is 32.4. The van der Waals surface area contributed by atoms with E-state index in [2.05, 4.69) is 43.5 Å². The van der Waals surface area contributed by atoms with Crippen LogP contribution in [0.4, 0.5) is 0 Å². The lowest BCUT2D eigenvalue weighted by atomic mass is 10.0. The maximum atomic E-state index is 12.5. The van der Waals surface area contributed by atoms with E-state index in [0.29, 0.717) is 12.8 Å². The van der Waals surface area contributed by atoms with Gasteiger partial charge < -0.3 is 15.5 Å². The zero-order valence-corrected chi connectivity index (χ0v) is 31.1. The second-order valence-corrected chi connectivity index (χ2v) is 14.8. The first-order chi connectivity index (χ1) is 22.7. The molecule has 0 saturated heterocycles. The molecular weight excluding hydrogens is 610 g/mol. The molecule has 3 unspecified atom stereocenters. The average Bonchev–Trinajstić information content (AvgIpc) is 3.03. The van der Waals surface area contributed by atoms with Crippen molar-refractivity contribution in [1.29, 1.82) is 0 Å². The highest BCUT2D eigenvalue weighted by molar-refractivity contribution is 7.85. The van der Waals surface area contributed by atoms with Crippen molar-refractivity contribution in [3.63, 3.8) is 0 Å². The molecule has 0 fully saturated rings. The molecule has 0 aliphatic heterocycles. The summed E-state index contributed by atoms with van der Waals surface area (Å²) in [6.07, 6.45) is 39.1. The van der Waals surface area contributed by atoms with E-state index in [0.717, 1.165) is 44.9 Å². The third-order valence-corrected chi connectivity index (χ3v) is 9.44. The highest BCUT2D eigenvalue weighted by Crippen LogP contribution is 2.14. The van der Waals surface area contributed by atoms with Gasteiger partial charge in [0, 0.05) is 0 Å². The molecular formula is C39H73NO6S. The van der Waals surface area contributed by atoms with Crippen molar-refractivity contribution in [3.05, 3.63) is 36.5 Å². The number of allylic oxidation sites excluding steroid dienone is 5. The molecule has 8 heteroatoms. The van der Waals surface area contributed by atoms with Crippen molar-refractivity contribution in [2.75, 3.05) is 5.75 Å². The lowest BCUT2D eigenvalue weighted by molar-refractivity contribution is -0.130. The van der Waals surface area contributed by atoms with Crippen LogP contribution in [0.25, 0.3) is 0 Å². The number of nitrogens with one attached hydrogen (secondary N) is 1. The smallest absolute Gasteiger partial charge is 0.267 e. The molecule has 0 saturated carbocycles. The zero-order chi connectivity index (χ0) is 34.9. The Bertz CT molecular complexity index is 901. The van der Waals surface area contributed by atoms with Crippen molar-refractivity contribution in [1.82, 2.24) is 5.32 Å². The van der Waals surface area contributed by atoms with Gasteiger partial charge in [-0.2, -0.15) is 8.42 Å². The van der Waals surface area contributed by atoms with Gasteiger partial charge in [-0.25, -0.2) is 0 Å². The highest BCUT2D eigenvalue weighted by Gasteiger charge is 2.27. The Hall–Kier alpha value is -1.48. The molecule has 0 aliphatic carbocycles. The second kappa shape index (κ2) is 33.0. The minimum absolute atomic E-state index is 0.273. The number of carbonyl (C=O) groups excluding carboxylic acids is 1. The molecule has 0 aromatic carbocycles. The van der Waals surface area contributed by atoms with E-state index in [4.69, 9.17) is 0 Å². The number of hydrogen-bond acceptors (Lipinski definition) is 5. The third-order valence-electron chi connectivity index (χ3n) is 8.65. The summed E-state index contributed by atoms with van der Waals surface area (Å²) in [6.45, 7) is 4.48. The van der Waals surface area contributed by atoms with Gasteiger partial charge in [-0.05, 0) is 44.9 Å². The molecule has 0 rings (SSSR count). The Morgan fingerprint density at radius 3 is 1.40 bits per heavy atom. The monoisotopic (exact) mass is 684 g/mol. The van der Waals surface area contributed by atoms with E-state index >= 15 is 0 Å². The normalized spacial score (nSPS) is 14.4. The summed E-state index contributed by atoms with van der Waals surface area (Å²) >= 11 is 0. The van der Waals surface area contributed by atoms with E-state index in [-0.39, 0.29) is 6.42 Å². The highest BCUT2D eigenvalue weighted by atomic mass is 32.2. The number of rotatable bonds is 34. The van der Waals surface area contributed by atoms with Crippen LogP contribution < -0.4 is 5.32 Å². The van der Waals surface area contributed by atoms with Crippen LogP contribution in [0.5, 0.6) is 0 Å². The molecule has 0 bridgehead atoms. The molecule has 3 atom stereocenters. The summed E-state index contributed by atoms with van der Waals surface area (Å²) in [6, 6.07) is -1.25. The van der Waals surface area contributed by atoms with Crippen LogP contribution in [-0.4, -0.2) is 53.1 Å². The van der Waals surface area contributed by atoms with E-state index in [9.17, 15) is 28.0 Å². The minimum Gasteiger partial charge on any atom is -0.387 e. The maximum absolute atomic E-state index is 12.5. The fraction of sp³-hybridized carbons (Fsp3) is 0.821. The van der Waals surface area contributed by atoms with E-state index in [1.807, 2.05) is 0 Å². The minimum atomic E-state index is -4.45. The van der Waals surface area contributed by atoms with Crippen molar-refractivity contribution in [2.45, 2.75) is 199 Å². The predicted octanol–water partition coefficient (Wildman–Crippen LogP) is 9.93. The first kappa shape index (κ1) is 45.5. The summed E-state index contributed by atoms with van der Waals surface area (Å²) in [5.41, 5.74) is 0. The van der Waals surface area contributed by atoms with Gasteiger partial charge in [0.2, 0.25) is 5.91 Å². The number of hydrogen-bond donors (Lipinski definition) is 4. The van der Waals surface area contributed by atoms with Gasteiger partial charge in [-0.15, -0.1) is 0 Å². The Morgan fingerprint density at radius 1 is 0.574 bits per heavy atom. The lowest BCUT2D eigenvalue weighted by Crippen LogP contribution is -2.50. The Kier molecular flexibility index (Phi) is 32.0. The van der Waals surface area contributed by atoms with Crippen LogP contribution in [0, 0.1) is 0 Å². The molecule has 0 radical (unpaired) electrons. The van der Waals surface area contributed by atoms with Crippen LogP contribution in [0.1, 0.15) is 181 Å². The molecule has 0 heterocycles. The number of unbranched alkanes of at least 4 members (excludes halogenated alkanes) is 21. The van der Waals surface area contributed by atoms with Crippen molar-refractivity contribution in [2.24, 2.45) is 0 Å². The first-order valence-corrected chi connectivity index (χ1v) is 20.9. The maximum Gasteiger partial charge on any atom is 0.267 e. The second-order valence-electron chi connectivity index (χ2n) is 13.3. The molecule has 4 N–H and O–H groups in total. The van der Waals surface area contributed by atoms with Crippen LogP contribution >= 0.6 is 0 Å². The molecule has 0 aliphatic rings. The Labute approximate surface area is 289 Å². The SMILES string of the molecule is CCCCCCCCCC/C=C/CC/C=C/CC/C=C/C(O)C(CS(=O)(=O)O)NC(=O)C(O)CCCCCCCCCCCCCC. The van der Waals surface area contributed by atoms with Crippen LogP contribution in [0.2, 0.25) is 0 Å². The van der Waals surface area contributed by atoms with E-state index in [1.165, 1.54) is 109 Å². The lowest BCUT2D eigenvalue weighted by Gasteiger charge is -2.22. The quantitative estimate of drug-likeness (QED) is 0.0304. The topological polar surface area (TPSA) is 124 Å². The first-order valence-electron chi connectivity index (χ1n) is 19.3. The van der Waals surface area contributed by atoms with Gasteiger partial charge in [0.05, 0.1) is 17.9 Å². The van der Waals surface area contributed by atoms with Crippen molar-refractivity contribution in [3.8, 4) is 0 Å². The van der Waals surface area contributed by atoms with Crippen LogP contribution in [0.15, 0.2) is 36.5 Å². The van der Waals surface area contributed by atoms with Gasteiger partial charge in [0.15, 0.2) is 0 Å². The summed E-state index contributed by atoms with van der Waals surface area (Å²) in [5.74, 6) is -1.56. The fourth-order valence-corrected chi connectivity index (χ4v) is 6.40. The molecule has 0 spiro atoms. The van der Waals surface area contributed by atoms with Gasteiger partial charge in [0.1, 0.15) is 6.10 Å². The molecule has 0 aromatic heterocycles. The molecule has 7 nitrogen and oxygen atoms in total. The number of aliphatic hydroxyl groups is 2. The fourth-order valence-electron chi connectivity index (χ4n) is 5.66. The van der Waals surface area contributed by atoms with Crippen LogP contribution in [0.3, 0.4) is 0 Å². The predicted molar refractivity (Wildman–Crippen MR) is 199 cm³/mol. The summed E-state index contributed by atoms with van der Waals surface area (Å²) in [7, 11) is -4.45. The Balaban J connectivity index is 4.17. The summed E-state index contributed by atoms with van der Waals surface area (Å²) in [4.78, 5) is 12.5. The van der Waals surface area contributed by atoms with Gasteiger partial charge >= 0.3 is 0 Å². The average molecular weight is 684 g/mol. The van der Waals surface area contributed by atoms with Crippen molar-refractivity contribution < 1.29 is 28.0 Å². The number of carbonyl (C=O) groups is 1. The number of amides is 1. The zero-order valence-electron chi connectivity index (χ0n) is 30.3. The molecule has 0 aromatic rings. The van der Waals surface area contributed by atoms with E-state index < -0.39 is 40.0 Å². The largest absolute Gasteiger partial charge is 0.387 e. The Morgan fingerprint density at radius 2 is 0.957 bits per heavy atom.